The molecule has 0 amide bonds. The molecule has 0 aromatic heterocycles. The molecule has 0 heterocycles. The van der Waals surface area contributed by atoms with Gasteiger partial charge in [-0.25, -0.2) is 4.39 Å². The van der Waals surface area contributed by atoms with Gasteiger partial charge in [-0.2, -0.15) is 5.26 Å². The molecule has 0 saturated carbocycles. The average Bonchev–Trinajstić information content (AvgIpc) is 2.44. The predicted molar refractivity (Wildman–Crippen MR) is 77.4 cm³/mol. The van der Waals surface area contributed by atoms with E-state index >= 15 is 0 Å². The van der Waals surface area contributed by atoms with Gasteiger partial charge in [0.05, 0.1) is 17.7 Å². The second-order valence-corrected chi connectivity index (χ2v) is 5.01. The SMILES string of the molecule is N#CC(CNc1cc(Br)ccc1F)c1ccccc1. The van der Waals surface area contributed by atoms with E-state index in [0.717, 1.165) is 10.0 Å². The van der Waals surface area contributed by atoms with Crippen molar-refractivity contribution < 1.29 is 4.39 Å². The van der Waals surface area contributed by atoms with Gasteiger partial charge in [-0.05, 0) is 23.8 Å². The van der Waals surface area contributed by atoms with Crippen LogP contribution < -0.4 is 5.32 Å². The monoisotopic (exact) mass is 318 g/mol. The Morgan fingerprint density at radius 3 is 2.63 bits per heavy atom. The number of hydrogen-bond acceptors (Lipinski definition) is 2. The summed E-state index contributed by atoms with van der Waals surface area (Å²) in [7, 11) is 0. The second-order valence-electron chi connectivity index (χ2n) is 4.10. The van der Waals surface area contributed by atoms with Gasteiger partial charge in [0.25, 0.3) is 0 Å². The van der Waals surface area contributed by atoms with Crippen LogP contribution in [0.5, 0.6) is 0 Å². The van der Waals surface area contributed by atoms with Gasteiger partial charge in [-0.3, -0.25) is 0 Å². The van der Waals surface area contributed by atoms with E-state index in [1.807, 2.05) is 30.3 Å². The zero-order valence-electron chi connectivity index (χ0n) is 10.1. The molecular weight excluding hydrogens is 307 g/mol. The third kappa shape index (κ3) is 3.55. The van der Waals surface area contributed by atoms with Crippen molar-refractivity contribution in [1.29, 1.82) is 5.26 Å². The van der Waals surface area contributed by atoms with Crippen LogP contribution in [0.2, 0.25) is 0 Å². The van der Waals surface area contributed by atoms with E-state index in [2.05, 4.69) is 27.3 Å². The van der Waals surface area contributed by atoms with Crippen LogP contribution in [0.3, 0.4) is 0 Å². The first-order valence-corrected chi connectivity index (χ1v) is 6.63. The molecule has 0 fully saturated rings. The molecule has 0 bridgehead atoms. The summed E-state index contributed by atoms with van der Waals surface area (Å²) in [5, 5.41) is 12.2. The molecule has 2 nitrogen and oxygen atoms in total. The molecule has 0 aliphatic carbocycles. The van der Waals surface area contributed by atoms with Gasteiger partial charge in [0.1, 0.15) is 5.82 Å². The summed E-state index contributed by atoms with van der Waals surface area (Å²) in [6, 6.07) is 16.4. The Hall–Kier alpha value is -1.86. The first-order chi connectivity index (χ1) is 9.20. The lowest BCUT2D eigenvalue weighted by Gasteiger charge is -2.12. The number of hydrogen-bond donors (Lipinski definition) is 1. The van der Waals surface area contributed by atoms with Crippen LogP contribution in [0.4, 0.5) is 10.1 Å². The Morgan fingerprint density at radius 1 is 1.21 bits per heavy atom. The number of halogens is 2. The molecule has 19 heavy (non-hydrogen) atoms. The maximum Gasteiger partial charge on any atom is 0.146 e. The number of nitriles is 1. The Kier molecular flexibility index (Phi) is 4.53. The second kappa shape index (κ2) is 6.35. The minimum absolute atomic E-state index is 0.306. The summed E-state index contributed by atoms with van der Waals surface area (Å²) in [5.74, 6) is -0.632. The highest BCUT2D eigenvalue weighted by Gasteiger charge is 2.11. The lowest BCUT2D eigenvalue weighted by molar-refractivity contribution is 0.629. The predicted octanol–water partition coefficient (Wildman–Crippen LogP) is 4.31. The maximum atomic E-state index is 13.6. The smallest absolute Gasteiger partial charge is 0.146 e. The third-order valence-electron chi connectivity index (χ3n) is 2.78. The largest absolute Gasteiger partial charge is 0.381 e. The fourth-order valence-electron chi connectivity index (χ4n) is 1.77. The molecular formula is C15H12BrFN2. The average molecular weight is 319 g/mol. The molecule has 0 saturated heterocycles. The third-order valence-corrected chi connectivity index (χ3v) is 3.28. The fraction of sp³-hybridized carbons (Fsp3) is 0.133. The zero-order valence-corrected chi connectivity index (χ0v) is 11.7. The topological polar surface area (TPSA) is 35.8 Å². The number of nitrogens with one attached hydrogen (secondary N) is 1. The van der Waals surface area contributed by atoms with Gasteiger partial charge < -0.3 is 5.32 Å². The van der Waals surface area contributed by atoms with Gasteiger partial charge in [-0.15, -0.1) is 0 Å². The number of anilines is 1. The summed E-state index contributed by atoms with van der Waals surface area (Å²) >= 11 is 3.29. The Labute approximate surface area is 120 Å². The molecule has 0 aliphatic rings. The van der Waals surface area contributed by atoms with Crippen LogP contribution in [0.15, 0.2) is 53.0 Å². The molecule has 4 heteroatoms. The molecule has 96 valence electrons. The van der Waals surface area contributed by atoms with Crippen molar-refractivity contribution in [3.05, 3.63) is 64.4 Å². The summed E-state index contributed by atoms with van der Waals surface area (Å²) in [6.45, 7) is 0.369. The van der Waals surface area contributed by atoms with Gasteiger partial charge in [0.2, 0.25) is 0 Å². The van der Waals surface area contributed by atoms with Crippen molar-refractivity contribution in [2.24, 2.45) is 0 Å². The van der Waals surface area contributed by atoms with Gasteiger partial charge >= 0.3 is 0 Å². The minimum Gasteiger partial charge on any atom is -0.381 e. The van der Waals surface area contributed by atoms with E-state index in [1.54, 1.807) is 12.1 Å². The van der Waals surface area contributed by atoms with Crippen molar-refractivity contribution in [3.8, 4) is 6.07 Å². The molecule has 1 atom stereocenters. The summed E-state index contributed by atoms with van der Waals surface area (Å²) in [4.78, 5) is 0. The quantitative estimate of drug-likeness (QED) is 0.911. The number of nitrogens with zero attached hydrogens (tertiary/aromatic N) is 1. The fourth-order valence-corrected chi connectivity index (χ4v) is 2.13. The van der Waals surface area contributed by atoms with Crippen LogP contribution in [0, 0.1) is 17.1 Å². The lowest BCUT2D eigenvalue weighted by atomic mass is 10.0. The Bertz CT molecular complexity index is 593. The lowest BCUT2D eigenvalue weighted by Crippen LogP contribution is -2.12. The highest BCUT2D eigenvalue weighted by atomic mass is 79.9. The van der Waals surface area contributed by atoms with Crippen molar-refractivity contribution in [2.45, 2.75) is 5.92 Å². The molecule has 1 N–H and O–H groups in total. The van der Waals surface area contributed by atoms with Crippen LogP contribution in [0.25, 0.3) is 0 Å². The van der Waals surface area contributed by atoms with Crippen LogP contribution >= 0.6 is 15.9 Å². The van der Waals surface area contributed by atoms with E-state index in [4.69, 9.17) is 0 Å². The highest BCUT2D eigenvalue weighted by Crippen LogP contribution is 2.22. The van der Waals surface area contributed by atoms with Crippen molar-refractivity contribution in [2.75, 3.05) is 11.9 Å². The van der Waals surface area contributed by atoms with Crippen LogP contribution in [0.1, 0.15) is 11.5 Å². The van der Waals surface area contributed by atoms with Gasteiger partial charge in [0.15, 0.2) is 0 Å². The summed E-state index contributed by atoms with van der Waals surface area (Å²) in [6.07, 6.45) is 0. The Balaban J connectivity index is 2.09. The zero-order chi connectivity index (χ0) is 13.7. The van der Waals surface area contributed by atoms with Crippen molar-refractivity contribution >= 4 is 21.6 Å². The molecule has 2 aromatic carbocycles. The van der Waals surface area contributed by atoms with E-state index in [-0.39, 0.29) is 11.7 Å². The summed E-state index contributed by atoms with van der Waals surface area (Å²) in [5.41, 5.74) is 1.32. The molecule has 2 rings (SSSR count). The number of benzene rings is 2. The molecule has 1 unspecified atom stereocenters. The maximum absolute atomic E-state index is 13.6. The van der Waals surface area contributed by atoms with E-state index in [1.165, 1.54) is 6.07 Å². The molecule has 2 aromatic rings. The van der Waals surface area contributed by atoms with Crippen molar-refractivity contribution in [3.63, 3.8) is 0 Å². The standard InChI is InChI=1S/C15H12BrFN2/c16-13-6-7-14(17)15(8-13)19-10-12(9-18)11-4-2-1-3-5-11/h1-8,12,19H,10H2. The number of rotatable bonds is 4. The summed E-state index contributed by atoms with van der Waals surface area (Å²) < 4.78 is 14.4. The van der Waals surface area contributed by atoms with E-state index in [9.17, 15) is 9.65 Å². The van der Waals surface area contributed by atoms with E-state index < -0.39 is 0 Å². The van der Waals surface area contributed by atoms with Crippen LogP contribution in [-0.4, -0.2) is 6.54 Å². The van der Waals surface area contributed by atoms with Crippen LogP contribution in [-0.2, 0) is 0 Å². The Morgan fingerprint density at radius 2 is 1.95 bits per heavy atom. The minimum atomic E-state index is -0.326. The molecule has 0 spiro atoms. The first-order valence-electron chi connectivity index (χ1n) is 5.84. The first kappa shape index (κ1) is 13.6. The highest BCUT2D eigenvalue weighted by molar-refractivity contribution is 9.10. The van der Waals surface area contributed by atoms with Crippen molar-refractivity contribution in [1.82, 2.24) is 0 Å². The normalized spacial score (nSPS) is 11.6. The van der Waals surface area contributed by atoms with E-state index in [0.29, 0.717) is 12.2 Å². The van der Waals surface area contributed by atoms with Gasteiger partial charge in [0, 0.05) is 11.0 Å². The molecule has 0 radical (unpaired) electrons. The molecule has 0 aliphatic heterocycles. The van der Waals surface area contributed by atoms with Gasteiger partial charge in [-0.1, -0.05) is 46.3 Å².